The van der Waals surface area contributed by atoms with E-state index in [2.05, 4.69) is 18.2 Å². The molecular weight excluding hydrogens is 304 g/mol. The van der Waals surface area contributed by atoms with Gasteiger partial charge in [0.05, 0.1) is 12.5 Å². The Morgan fingerprint density at radius 1 is 1.38 bits per heavy atom. The van der Waals surface area contributed by atoms with Crippen LogP contribution in [0.25, 0.3) is 0 Å². The van der Waals surface area contributed by atoms with Crippen LogP contribution >= 0.6 is 0 Å². The van der Waals surface area contributed by atoms with E-state index < -0.39 is 0 Å². The lowest BCUT2D eigenvalue weighted by Gasteiger charge is -2.36. The summed E-state index contributed by atoms with van der Waals surface area (Å²) in [6.45, 7) is 1.82. The molecule has 3 atom stereocenters. The van der Waals surface area contributed by atoms with E-state index in [1.807, 2.05) is 13.0 Å². The molecule has 1 aromatic rings. The van der Waals surface area contributed by atoms with Gasteiger partial charge in [-0.1, -0.05) is 25.5 Å². The minimum Gasteiger partial charge on any atom is -0.493 e. The van der Waals surface area contributed by atoms with Crippen LogP contribution in [0.5, 0.6) is 11.5 Å². The zero-order valence-electron chi connectivity index (χ0n) is 14.3. The van der Waals surface area contributed by atoms with Crippen LogP contribution in [-0.2, 0) is 21.4 Å². The smallest absolute Gasteiger partial charge is 0.306 e. The van der Waals surface area contributed by atoms with Gasteiger partial charge in [0.25, 0.3) is 0 Å². The number of hydrogen-bond donors (Lipinski definition) is 0. The zero-order chi connectivity index (χ0) is 16.7. The number of rotatable bonds is 3. The molecule has 0 radical (unpaired) electrons. The maximum Gasteiger partial charge on any atom is 0.306 e. The number of methoxy groups -OCH3 is 1. The Morgan fingerprint density at radius 3 is 3.04 bits per heavy atom. The Bertz CT molecular complexity index is 693. The summed E-state index contributed by atoms with van der Waals surface area (Å²) in [5, 5.41) is 0. The summed E-state index contributed by atoms with van der Waals surface area (Å²) >= 11 is 0. The largest absolute Gasteiger partial charge is 0.493 e. The topological polar surface area (TPSA) is 44.8 Å². The second-order valence-electron chi connectivity index (χ2n) is 6.96. The number of aryl methyl sites for hydroxylation is 1. The number of benzene rings is 1. The number of carbonyl (C=O) groups excluding carboxylic acids is 1. The molecule has 0 unspecified atom stereocenters. The lowest BCUT2D eigenvalue weighted by molar-refractivity contribution is -0.148. The van der Waals surface area contributed by atoms with Gasteiger partial charge in [0.15, 0.2) is 11.5 Å². The molecule has 0 fully saturated rings. The Kier molecular flexibility index (Phi) is 3.78. The standard InChI is InChI=1S/C20H24O4/c1-3-17(21)23-14-9-11-20-10-5-4-6-13-7-8-15(22-2)19(18(13)20)24-16(20)12-14/h7-9,11,14,16H,3-6,10,12H2,1-2H3/t14-,16-,20+/m0/s1. The first-order chi connectivity index (χ1) is 11.7. The Balaban J connectivity index is 1.76. The lowest BCUT2D eigenvalue weighted by Crippen LogP contribution is -2.42. The van der Waals surface area contributed by atoms with Crippen LogP contribution in [0.15, 0.2) is 24.3 Å². The van der Waals surface area contributed by atoms with Crippen LogP contribution < -0.4 is 9.47 Å². The molecule has 4 heteroatoms. The third kappa shape index (κ3) is 2.23. The lowest BCUT2D eigenvalue weighted by atomic mass is 9.69. The van der Waals surface area contributed by atoms with Crippen LogP contribution in [0.3, 0.4) is 0 Å². The molecule has 1 aromatic carbocycles. The van der Waals surface area contributed by atoms with Gasteiger partial charge in [0, 0.05) is 18.4 Å². The van der Waals surface area contributed by atoms with Gasteiger partial charge in [-0.15, -0.1) is 0 Å². The number of esters is 1. The van der Waals surface area contributed by atoms with Crippen molar-refractivity contribution >= 4 is 5.97 Å². The fourth-order valence-corrected chi connectivity index (χ4v) is 4.47. The van der Waals surface area contributed by atoms with Gasteiger partial charge >= 0.3 is 5.97 Å². The van der Waals surface area contributed by atoms with E-state index in [0.717, 1.165) is 24.3 Å². The van der Waals surface area contributed by atoms with E-state index in [9.17, 15) is 4.79 Å². The van der Waals surface area contributed by atoms with E-state index in [1.54, 1.807) is 7.11 Å². The molecule has 0 bridgehead atoms. The van der Waals surface area contributed by atoms with Crippen molar-refractivity contribution < 1.29 is 19.0 Å². The molecule has 2 aliphatic carbocycles. The van der Waals surface area contributed by atoms with Crippen molar-refractivity contribution in [1.82, 2.24) is 0 Å². The number of carbonyl (C=O) groups is 1. The Hall–Kier alpha value is -1.97. The van der Waals surface area contributed by atoms with E-state index >= 15 is 0 Å². The Labute approximate surface area is 142 Å². The molecule has 0 saturated heterocycles. The highest BCUT2D eigenvalue weighted by atomic mass is 16.6. The summed E-state index contributed by atoms with van der Waals surface area (Å²) in [6, 6.07) is 4.20. The number of hydrogen-bond acceptors (Lipinski definition) is 4. The second kappa shape index (κ2) is 5.83. The predicted octanol–water partition coefficient (Wildman–Crippen LogP) is 3.70. The highest BCUT2D eigenvalue weighted by Crippen LogP contribution is 2.56. The van der Waals surface area contributed by atoms with Crippen LogP contribution in [0.4, 0.5) is 0 Å². The van der Waals surface area contributed by atoms with Gasteiger partial charge in [0.1, 0.15) is 12.2 Å². The van der Waals surface area contributed by atoms with E-state index in [0.29, 0.717) is 12.8 Å². The first-order valence-electron chi connectivity index (χ1n) is 8.94. The normalized spacial score (nSPS) is 29.9. The van der Waals surface area contributed by atoms with Crippen molar-refractivity contribution in [3.05, 3.63) is 35.4 Å². The molecule has 0 aromatic heterocycles. The predicted molar refractivity (Wildman–Crippen MR) is 90.6 cm³/mol. The minimum absolute atomic E-state index is 0.0142. The summed E-state index contributed by atoms with van der Waals surface area (Å²) in [4.78, 5) is 11.6. The SMILES string of the molecule is CCC(=O)O[C@H]1C=C[C@@]23CCCCc4ccc(OC)c(c42)O[C@H]3C1. The second-order valence-corrected chi connectivity index (χ2v) is 6.96. The average Bonchev–Trinajstić information content (AvgIpc) is 2.81. The van der Waals surface area contributed by atoms with E-state index in [-0.39, 0.29) is 23.6 Å². The third-order valence-electron chi connectivity index (χ3n) is 5.64. The maximum atomic E-state index is 11.6. The van der Waals surface area contributed by atoms with Gasteiger partial charge in [-0.05, 0) is 37.0 Å². The van der Waals surface area contributed by atoms with Crippen molar-refractivity contribution in [2.45, 2.75) is 63.1 Å². The Morgan fingerprint density at radius 2 is 2.25 bits per heavy atom. The molecule has 128 valence electrons. The molecule has 4 rings (SSSR count). The van der Waals surface area contributed by atoms with Gasteiger partial charge in [-0.25, -0.2) is 0 Å². The van der Waals surface area contributed by atoms with Crippen molar-refractivity contribution in [2.75, 3.05) is 7.11 Å². The summed E-state index contributed by atoms with van der Waals surface area (Å²) in [6.07, 6.45) is 9.79. The highest BCUT2D eigenvalue weighted by molar-refractivity contribution is 5.69. The third-order valence-corrected chi connectivity index (χ3v) is 5.64. The quantitative estimate of drug-likeness (QED) is 0.627. The summed E-state index contributed by atoms with van der Waals surface area (Å²) in [5.41, 5.74) is 2.59. The molecule has 0 N–H and O–H groups in total. The van der Waals surface area contributed by atoms with Gasteiger partial charge in [-0.2, -0.15) is 0 Å². The first kappa shape index (κ1) is 15.6. The average molecular weight is 328 g/mol. The van der Waals surface area contributed by atoms with Crippen molar-refractivity contribution in [3.63, 3.8) is 0 Å². The van der Waals surface area contributed by atoms with Crippen LogP contribution in [-0.4, -0.2) is 25.3 Å². The molecule has 3 aliphatic rings. The molecular formula is C20H24O4. The molecule has 4 nitrogen and oxygen atoms in total. The van der Waals surface area contributed by atoms with Gasteiger partial charge < -0.3 is 14.2 Å². The monoisotopic (exact) mass is 328 g/mol. The minimum atomic E-state index is -0.194. The van der Waals surface area contributed by atoms with Crippen molar-refractivity contribution in [1.29, 1.82) is 0 Å². The molecule has 0 amide bonds. The molecule has 0 saturated carbocycles. The van der Waals surface area contributed by atoms with E-state index in [4.69, 9.17) is 14.2 Å². The first-order valence-corrected chi connectivity index (χ1v) is 8.94. The summed E-state index contributed by atoms with van der Waals surface area (Å²) in [5.74, 6) is 1.55. The molecule has 24 heavy (non-hydrogen) atoms. The van der Waals surface area contributed by atoms with E-state index in [1.165, 1.54) is 24.0 Å². The van der Waals surface area contributed by atoms with Crippen LogP contribution in [0.1, 0.15) is 50.2 Å². The summed E-state index contributed by atoms with van der Waals surface area (Å²) < 4.78 is 17.5. The highest BCUT2D eigenvalue weighted by Gasteiger charge is 2.52. The zero-order valence-corrected chi connectivity index (χ0v) is 14.3. The fourth-order valence-electron chi connectivity index (χ4n) is 4.47. The molecule has 1 heterocycles. The van der Waals surface area contributed by atoms with Crippen LogP contribution in [0.2, 0.25) is 0 Å². The molecule has 1 aliphatic heterocycles. The summed E-state index contributed by atoms with van der Waals surface area (Å²) in [7, 11) is 1.69. The van der Waals surface area contributed by atoms with Crippen molar-refractivity contribution in [2.24, 2.45) is 0 Å². The van der Waals surface area contributed by atoms with Crippen molar-refractivity contribution in [3.8, 4) is 11.5 Å². The van der Waals surface area contributed by atoms with Crippen LogP contribution in [0, 0.1) is 0 Å². The molecule has 1 spiro atoms. The van der Waals surface area contributed by atoms with Gasteiger partial charge in [0.2, 0.25) is 0 Å². The van der Waals surface area contributed by atoms with Gasteiger partial charge in [-0.3, -0.25) is 4.79 Å². The maximum absolute atomic E-state index is 11.6. The fraction of sp³-hybridized carbons (Fsp3) is 0.550. The number of ether oxygens (including phenoxy) is 3.